The first kappa shape index (κ1) is 19.2. The molecule has 0 amide bonds. The van der Waals surface area contributed by atoms with Crippen LogP contribution >= 0.6 is 15.9 Å². The molecular weight excluding hydrogens is 404 g/mol. The van der Waals surface area contributed by atoms with Crippen LogP contribution in [-0.2, 0) is 0 Å². The second kappa shape index (κ2) is 7.39. The molecule has 0 aliphatic heterocycles. The number of carboxylic acid groups (broad SMARTS) is 1. The molecular formula is C18H13BrF4O2. The van der Waals surface area contributed by atoms with Crippen LogP contribution in [0.5, 0.6) is 0 Å². The van der Waals surface area contributed by atoms with Gasteiger partial charge in [0.25, 0.3) is 0 Å². The molecule has 132 valence electrons. The van der Waals surface area contributed by atoms with Crippen LogP contribution < -0.4 is 0 Å². The molecule has 25 heavy (non-hydrogen) atoms. The molecule has 2 nitrogen and oxygen atoms in total. The fourth-order valence-electron chi connectivity index (χ4n) is 2.29. The average Bonchev–Trinajstić information content (AvgIpc) is 2.49. The maximum Gasteiger partial charge on any atom is 0.399 e. The average molecular weight is 417 g/mol. The number of alkyl halides is 3. The van der Waals surface area contributed by atoms with Gasteiger partial charge in [0.1, 0.15) is 5.82 Å². The van der Waals surface area contributed by atoms with Gasteiger partial charge in [0.15, 0.2) is 0 Å². The minimum atomic E-state index is -4.54. The normalized spacial score (nSPS) is 13.2. The van der Waals surface area contributed by atoms with Crippen LogP contribution in [0.3, 0.4) is 0 Å². The van der Waals surface area contributed by atoms with Crippen molar-refractivity contribution in [1.29, 1.82) is 0 Å². The molecule has 1 N–H and O–H groups in total. The van der Waals surface area contributed by atoms with E-state index in [0.717, 1.165) is 18.2 Å². The van der Waals surface area contributed by atoms with Crippen LogP contribution in [0.2, 0.25) is 0 Å². The van der Waals surface area contributed by atoms with Crippen molar-refractivity contribution in [2.24, 2.45) is 0 Å². The summed E-state index contributed by atoms with van der Waals surface area (Å²) < 4.78 is 53.6. The van der Waals surface area contributed by atoms with E-state index in [-0.39, 0.29) is 21.2 Å². The molecule has 7 heteroatoms. The Bertz CT molecular complexity index is 828. The van der Waals surface area contributed by atoms with Crippen LogP contribution in [-0.4, -0.2) is 17.3 Å². The Morgan fingerprint density at radius 2 is 1.88 bits per heavy atom. The zero-order chi connectivity index (χ0) is 18.8. The molecule has 0 aromatic heterocycles. The maximum atomic E-state index is 13.4. The summed E-state index contributed by atoms with van der Waals surface area (Å²) in [6.07, 6.45) is -2.32. The second-order valence-electron chi connectivity index (χ2n) is 5.43. The van der Waals surface area contributed by atoms with Gasteiger partial charge < -0.3 is 5.11 Å². The highest BCUT2D eigenvalue weighted by Crippen LogP contribution is 2.37. The Balaban J connectivity index is 2.37. The van der Waals surface area contributed by atoms with Crippen molar-refractivity contribution in [3.8, 4) is 0 Å². The Morgan fingerprint density at radius 1 is 1.20 bits per heavy atom. The van der Waals surface area contributed by atoms with Gasteiger partial charge in [0.2, 0.25) is 0 Å². The third-order valence-corrected chi connectivity index (χ3v) is 4.25. The van der Waals surface area contributed by atoms with Gasteiger partial charge in [0.05, 0.1) is 11.5 Å². The Kier molecular flexibility index (Phi) is 5.67. The fraction of sp³-hybridized carbons (Fsp3) is 0.167. The van der Waals surface area contributed by atoms with E-state index in [0.29, 0.717) is 5.56 Å². The number of benzene rings is 2. The van der Waals surface area contributed by atoms with Crippen molar-refractivity contribution in [2.45, 2.75) is 19.0 Å². The monoisotopic (exact) mass is 416 g/mol. The van der Waals surface area contributed by atoms with Crippen LogP contribution in [0.25, 0.3) is 6.08 Å². The number of hydrogen-bond donors (Lipinski definition) is 1. The largest absolute Gasteiger partial charge is 0.478 e. The SMILES string of the molecule is Cc1cc(C(/C=C/c2ccc(C(=O)O)c(Br)c2)C(F)(F)F)ccc1F. The number of aromatic carboxylic acids is 1. The smallest absolute Gasteiger partial charge is 0.399 e. The summed E-state index contributed by atoms with van der Waals surface area (Å²) in [5.74, 6) is -3.61. The van der Waals surface area contributed by atoms with Crippen molar-refractivity contribution in [1.82, 2.24) is 0 Å². The summed E-state index contributed by atoms with van der Waals surface area (Å²) in [5, 5.41) is 8.95. The van der Waals surface area contributed by atoms with E-state index in [1.54, 1.807) is 0 Å². The van der Waals surface area contributed by atoms with E-state index in [4.69, 9.17) is 5.11 Å². The number of halogens is 5. The van der Waals surface area contributed by atoms with Crippen molar-refractivity contribution < 1.29 is 27.5 Å². The van der Waals surface area contributed by atoms with Crippen LogP contribution in [0, 0.1) is 12.7 Å². The maximum absolute atomic E-state index is 13.4. The Morgan fingerprint density at radius 3 is 2.40 bits per heavy atom. The molecule has 1 atom stereocenters. The third-order valence-electron chi connectivity index (χ3n) is 3.60. The molecule has 2 aromatic rings. The number of carbonyl (C=O) groups is 1. The van der Waals surface area contributed by atoms with Gasteiger partial charge in [-0.1, -0.05) is 30.4 Å². The number of allylic oxidation sites excluding steroid dienone is 1. The fourth-order valence-corrected chi connectivity index (χ4v) is 2.85. The van der Waals surface area contributed by atoms with Gasteiger partial charge in [-0.15, -0.1) is 0 Å². The summed E-state index contributed by atoms with van der Waals surface area (Å²) in [7, 11) is 0. The Labute approximate surface area is 149 Å². The standard InChI is InChI=1S/C18H13BrF4O2/c1-10-8-12(4-7-16(10)20)14(18(21,22)23)6-3-11-2-5-13(17(24)25)15(19)9-11/h2-9,14H,1H3,(H,24,25)/b6-3+. The zero-order valence-electron chi connectivity index (χ0n) is 12.9. The molecule has 0 aliphatic carbocycles. The molecule has 0 radical (unpaired) electrons. The third kappa shape index (κ3) is 4.69. The van der Waals surface area contributed by atoms with Gasteiger partial charge in [-0.05, 0) is 57.7 Å². The van der Waals surface area contributed by atoms with Crippen molar-refractivity contribution in [3.05, 3.63) is 75.0 Å². The van der Waals surface area contributed by atoms with E-state index >= 15 is 0 Å². The lowest BCUT2D eigenvalue weighted by molar-refractivity contribution is -0.139. The molecule has 1 unspecified atom stereocenters. The molecule has 2 rings (SSSR count). The molecule has 0 spiro atoms. The van der Waals surface area contributed by atoms with E-state index < -0.39 is 23.9 Å². The van der Waals surface area contributed by atoms with Gasteiger partial charge in [-0.3, -0.25) is 0 Å². The van der Waals surface area contributed by atoms with Gasteiger partial charge in [0, 0.05) is 4.47 Å². The lowest BCUT2D eigenvalue weighted by Crippen LogP contribution is -2.19. The number of aryl methyl sites for hydroxylation is 1. The van der Waals surface area contributed by atoms with Crippen molar-refractivity contribution in [2.75, 3.05) is 0 Å². The van der Waals surface area contributed by atoms with Gasteiger partial charge in [-0.25, -0.2) is 9.18 Å². The van der Waals surface area contributed by atoms with E-state index in [2.05, 4.69) is 15.9 Å². The topological polar surface area (TPSA) is 37.3 Å². The van der Waals surface area contributed by atoms with E-state index in [1.807, 2.05) is 0 Å². The summed E-state index contributed by atoms with van der Waals surface area (Å²) in [6, 6.07) is 7.42. The van der Waals surface area contributed by atoms with E-state index in [9.17, 15) is 22.4 Å². The predicted octanol–water partition coefficient (Wildman–Crippen LogP) is 5.95. The lowest BCUT2D eigenvalue weighted by Gasteiger charge is -2.18. The van der Waals surface area contributed by atoms with Gasteiger partial charge in [-0.2, -0.15) is 13.2 Å². The van der Waals surface area contributed by atoms with Gasteiger partial charge >= 0.3 is 12.1 Å². The summed E-state index contributed by atoms with van der Waals surface area (Å²) in [6.45, 7) is 1.40. The van der Waals surface area contributed by atoms with E-state index in [1.165, 1.54) is 37.3 Å². The minimum absolute atomic E-state index is 0.0127. The predicted molar refractivity (Wildman–Crippen MR) is 90.1 cm³/mol. The number of hydrogen-bond acceptors (Lipinski definition) is 1. The number of carboxylic acids is 1. The molecule has 0 heterocycles. The molecule has 0 fully saturated rings. The molecule has 2 aromatic carbocycles. The quantitative estimate of drug-likeness (QED) is 0.624. The van der Waals surface area contributed by atoms with Crippen LogP contribution in [0.15, 0.2) is 46.9 Å². The first-order valence-corrected chi connectivity index (χ1v) is 7.92. The first-order valence-electron chi connectivity index (χ1n) is 7.13. The summed E-state index contributed by atoms with van der Waals surface area (Å²) in [4.78, 5) is 10.9. The first-order chi connectivity index (χ1) is 11.6. The molecule has 0 saturated heterocycles. The molecule has 0 aliphatic rings. The molecule has 0 saturated carbocycles. The summed E-state index contributed by atoms with van der Waals surface area (Å²) >= 11 is 3.08. The lowest BCUT2D eigenvalue weighted by atomic mass is 9.95. The summed E-state index contributed by atoms with van der Waals surface area (Å²) in [5.41, 5.74) is 0.487. The van der Waals surface area contributed by atoms with Crippen LogP contribution in [0.1, 0.15) is 33.0 Å². The highest BCUT2D eigenvalue weighted by molar-refractivity contribution is 9.10. The zero-order valence-corrected chi connectivity index (χ0v) is 14.5. The second-order valence-corrected chi connectivity index (χ2v) is 6.29. The molecule has 0 bridgehead atoms. The number of rotatable bonds is 4. The Hall–Kier alpha value is -2.15. The van der Waals surface area contributed by atoms with Crippen LogP contribution in [0.4, 0.5) is 17.6 Å². The highest BCUT2D eigenvalue weighted by Gasteiger charge is 2.39. The minimum Gasteiger partial charge on any atom is -0.478 e. The highest BCUT2D eigenvalue weighted by atomic mass is 79.9. The van der Waals surface area contributed by atoms with Crippen molar-refractivity contribution >= 4 is 28.0 Å². The van der Waals surface area contributed by atoms with Crippen molar-refractivity contribution in [3.63, 3.8) is 0 Å².